The molecule has 1 amide bonds. The molecule has 74 valence electrons. The molecule has 0 saturated heterocycles. The first kappa shape index (κ1) is 9.46. The third kappa shape index (κ3) is 1.87. The Bertz CT molecular complexity index is 367. The van der Waals surface area contributed by atoms with E-state index in [0.717, 1.165) is 6.42 Å². The minimum Gasteiger partial charge on any atom is -0.349 e. The molecule has 1 fully saturated rings. The lowest BCUT2D eigenvalue weighted by Gasteiger charge is -2.04. The van der Waals surface area contributed by atoms with Gasteiger partial charge in [0.1, 0.15) is 5.15 Å². The SMILES string of the molecule is CC1CC1NC(=O)c1cccnc1Cl. The van der Waals surface area contributed by atoms with Crippen LogP contribution in [0.5, 0.6) is 0 Å². The van der Waals surface area contributed by atoms with Crippen LogP contribution in [0.1, 0.15) is 23.7 Å². The fourth-order valence-electron chi connectivity index (χ4n) is 1.32. The molecule has 1 aromatic heterocycles. The van der Waals surface area contributed by atoms with Gasteiger partial charge in [0.15, 0.2) is 0 Å². The van der Waals surface area contributed by atoms with Gasteiger partial charge in [0.25, 0.3) is 5.91 Å². The van der Waals surface area contributed by atoms with Gasteiger partial charge in [-0.15, -0.1) is 0 Å². The summed E-state index contributed by atoms with van der Waals surface area (Å²) in [4.78, 5) is 15.5. The van der Waals surface area contributed by atoms with E-state index in [2.05, 4.69) is 17.2 Å². The number of carbonyl (C=O) groups excluding carboxylic acids is 1. The smallest absolute Gasteiger partial charge is 0.254 e. The second-order valence-corrected chi connectivity index (χ2v) is 3.99. The summed E-state index contributed by atoms with van der Waals surface area (Å²) in [5.41, 5.74) is 0.452. The van der Waals surface area contributed by atoms with Crippen molar-refractivity contribution in [3.8, 4) is 0 Å². The van der Waals surface area contributed by atoms with Crippen LogP contribution in [0.4, 0.5) is 0 Å². The number of aromatic nitrogens is 1. The van der Waals surface area contributed by atoms with Crippen molar-refractivity contribution in [2.24, 2.45) is 5.92 Å². The van der Waals surface area contributed by atoms with Gasteiger partial charge >= 0.3 is 0 Å². The summed E-state index contributed by atoms with van der Waals surface area (Å²) in [5.74, 6) is 0.465. The largest absolute Gasteiger partial charge is 0.349 e. The first-order valence-electron chi connectivity index (χ1n) is 4.60. The maximum atomic E-state index is 11.6. The molecule has 0 spiro atoms. The van der Waals surface area contributed by atoms with Gasteiger partial charge in [-0.1, -0.05) is 18.5 Å². The van der Waals surface area contributed by atoms with Crippen molar-refractivity contribution in [3.05, 3.63) is 29.0 Å². The van der Waals surface area contributed by atoms with E-state index >= 15 is 0 Å². The van der Waals surface area contributed by atoms with Gasteiger partial charge in [0.05, 0.1) is 5.56 Å². The van der Waals surface area contributed by atoms with Gasteiger partial charge in [0, 0.05) is 12.2 Å². The normalized spacial score (nSPS) is 24.4. The van der Waals surface area contributed by atoms with E-state index in [1.807, 2.05) is 0 Å². The summed E-state index contributed by atoms with van der Waals surface area (Å²) in [6.45, 7) is 2.11. The predicted octanol–water partition coefficient (Wildman–Crippen LogP) is 1.87. The number of pyridine rings is 1. The van der Waals surface area contributed by atoms with Crippen LogP contribution in [0.25, 0.3) is 0 Å². The number of rotatable bonds is 2. The molecule has 0 aliphatic heterocycles. The summed E-state index contributed by atoms with van der Waals surface area (Å²) in [6.07, 6.45) is 2.63. The monoisotopic (exact) mass is 210 g/mol. The number of amides is 1. The quantitative estimate of drug-likeness (QED) is 0.758. The van der Waals surface area contributed by atoms with Crippen LogP contribution in [0.2, 0.25) is 5.15 Å². The van der Waals surface area contributed by atoms with E-state index < -0.39 is 0 Å². The maximum Gasteiger partial charge on any atom is 0.254 e. The summed E-state index contributed by atoms with van der Waals surface area (Å²) >= 11 is 5.79. The highest BCUT2D eigenvalue weighted by Crippen LogP contribution is 2.29. The van der Waals surface area contributed by atoms with Crippen LogP contribution < -0.4 is 5.32 Å². The molecule has 3 nitrogen and oxygen atoms in total. The van der Waals surface area contributed by atoms with Crippen molar-refractivity contribution >= 4 is 17.5 Å². The highest BCUT2D eigenvalue weighted by molar-refractivity contribution is 6.32. The molecule has 2 rings (SSSR count). The predicted molar refractivity (Wildman–Crippen MR) is 54.3 cm³/mol. The molecular formula is C10H11ClN2O. The van der Waals surface area contributed by atoms with Gasteiger partial charge in [-0.05, 0) is 24.5 Å². The van der Waals surface area contributed by atoms with Gasteiger partial charge in [-0.2, -0.15) is 0 Å². The number of carbonyl (C=O) groups is 1. The van der Waals surface area contributed by atoms with Crippen molar-refractivity contribution in [2.45, 2.75) is 19.4 Å². The Labute approximate surface area is 87.5 Å². The molecule has 2 atom stereocenters. The number of hydrogen-bond donors (Lipinski definition) is 1. The molecule has 0 bridgehead atoms. The zero-order valence-corrected chi connectivity index (χ0v) is 8.58. The van der Waals surface area contributed by atoms with E-state index in [9.17, 15) is 4.79 Å². The van der Waals surface area contributed by atoms with Crippen LogP contribution in [0, 0.1) is 5.92 Å². The van der Waals surface area contributed by atoms with E-state index in [-0.39, 0.29) is 11.1 Å². The average molecular weight is 211 g/mol. The van der Waals surface area contributed by atoms with Crippen LogP contribution in [-0.2, 0) is 0 Å². The standard InChI is InChI=1S/C10H11ClN2O/c1-6-5-8(6)13-10(14)7-3-2-4-12-9(7)11/h2-4,6,8H,5H2,1H3,(H,13,14). The second-order valence-electron chi connectivity index (χ2n) is 3.63. The number of hydrogen-bond acceptors (Lipinski definition) is 2. The molecule has 1 N–H and O–H groups in total. The Morgan fingerprint density at radius 3 is 3.00 bits per heavy atom. The van der Waals surface area contributed by atoms with E-state index in [1.165, 1.54) is 0 Å². The lowest BCUT2D eigenvalue weighted by molar-refractivity contribution is 0.0949. The van der Waals surface area contributed by atoms with Crippen molar-refractivity contribution in [2.75, 3.05) is 0 Å². The topological polar surface area (TPSA) is 42.0 Å². The summed E-state index contributed by atoms with van der Waals surface area (Å²) in [5, 5.41) is 3.16. The minimum atomic E-state index is -0.127. The number of nitrogens with one attached hydrogen (secondary N) is 1. The van der Waals surface area contributed by atoms with E-state index in [4.69, 9.17) is 11.6 Å². The number of nitrogens with zero attached hydrogens (tertiary/aromatic N) is 1. The Morgan fingerprint density at radius 1 is 1.71 bits per heavy atom. The molecule has 1 heterocycles. The van der Waals surface area contributed by atoms with Gasteiger partial charge in [-0.3, -0.25) is 4.79 Å². The molecule has 1 aromatic rings. The third-order valence-corrected chi connectivity index (χ3v) is 2.73. The fraction of sp³-hybridized carbons (Fsp3) is 0.400. The molecule has 0 radical (unpaired) electrons. The first-order valence-corrected chi connectivity index (χ1v) is 4.97. The van der Waals surface area contributed by atoms with Crippen molar-refractivity contribution in [3.63, 3.8) is 0 Å². The third-order valence-electron chi connectivity index (χ3n) is 2.43. The Morgan fingerprint density at radius 2 is 2.43 bits per heavy atom. The molecular weight excluding hydrogens is 200 g/mol. The molecule has 0 aromatic carbocycles. The maximum absolute atomic E-state index is 11.6. The Hall–Kier alpha value is -1.09. The second kappa shape index (κ2) is 3.58. The average Bonchev–Trinajstić information content (AvgIpc) is 2.82. The Kier molecular flexibility index (Phi) is 2.42. The highest BCUT2D eigenvalue weighted by Gasteiger charge is 2.34. The van der Waals surface area contributed by atoms with Crippen molar-refractivity contribution < 1.29 is 4.79 Å². The van der Waals surface area contributed by atoms with E-state index in [1.54, 1.807) is 18.3 Å². The zero-order chi connectivity index (χ0) is 10.1. The number of halogens is 1. The van der Waals surface area contributed by atoms with Crippen molar-refractivity contribution in [1.82, 2.24) is 10.3 Å². The molecule has 1 saturated carbocycles. The van der Waals surface area contributed by atoms with Crippen molar-refractivity contribution in [1.29, 1.82) is 0 Å². The lowest BCUT2D eigenvalue weighted by atomic mass is 10.2. The molecule has 1 aliphatic rings. The summed E-state index contributed by atoms with van der Waals surface area (Å²) < 4.78 is 0. The Balaban J connectivity index is 2.07. The molecule has 2 unspecified atom stereocenters. The van der Waals surface area contributed by atoms with Crippen LogP contribution >= 0.6 is 11.6 Å². The van der Waals surface area contributed by atoms with Crippen LogP contribution in [0.3, 0.4) is 0 Å². The molecule has 4 heteroatoms. The van der Waals surface area contributed by atoms with Gasteiger partial charge in [-0.25, -0.2) is 4.98 Å². The minimum absolute atomic E-state index is 0.127. The fourth-order valence-corrected chi connectivity index (χ4v) is 1.53. The van der Waals surface area contributed by atoms with Gasteiger partial charge in [0.2, 0.25) is 0 Å². The van der Waals surface area contributed by atoms with E-state index in [0.29, 0.717) is 17.5 Å². The first-order chi connectivity index (χ1) is 6.68. The van der Waals surface area contributed by atoms with Crippen LogP contribution in [-0.4, -0.2) is 16.9 Å². The summed E-state index contributed by atoms with van der Waals surface area (Å²) in [7, 11) is 0. The van der Waals surface area contributed by atoms with Gasteiger partial charge < -0.3 is 5.32 Å². The highest BCUT2D eigenvalue weighted by atomic mass is 35.5. The van der Waals surface area contributed by atoms with Crippen LogP contribution in [0.15, 0.2) is 18.3 Å². The lowest BCUT2D eigenvalue weighted by Crippen LogP contribution is -2.26. The summed E-state index contributed by atoms with van der Waals surface area (Å²) in [6, 6.07) is 3.70. The molecule has 14 heavy (non-hydrogen) atoms. The molecule has 1 aliphatic carbocycles. The zero-order valence-electron chi connectivity index (χ0n) is 7.83.